The van der Waals surface area contributed by atoms with Crippen molar-refractivity contribution in [2.75, 3.05) is 11.1 Å². The monoisotopic (exact) mass is 504 g/mol. The summed E-state index contributed by atoms with van der Waals surface area (Å²) in [6.07, 6.45) is -11.3. The third kappa shape index (κ3) is 8.14. The second kappa shape index (κ2) is 9.99. The Balaban J connectivity index is 0.000000954. The van der Waals surface area contributed by atoms with Crippen LogP contribution >= 0.6 is 11.6 Å². The Morgan fingerprint density at radius 2 is 1.65 bits per heavy atom. The molecule has 0 saturated heterocycles. The van der Waals surface area contributed by atoms with Crippen LogP contribution < -0.4 is 11.1 Å². The highest BCUT2D eigenvalue weighted by molar-refractivity contribution is 7.91. The third-order valence-electron chi connectivity index (χ3n) is 3.38. The minimum Gasteiger partial charge on any atom is -0.373 e. The van der Waals surface area contributed by atoms with Gasteiger partial charge in [0.2, 0.25) is 11.5 Å². The largest absolute Gasteiger partial charge is 0.426 e. The minimum atomic E-state index is -5.27. The molecule has 31 heavy (non-hydrogen) atoms. The van der Waals surface area contributed by atoms with Crippen LogP contribution in [0.3, 0.4) is 0 Å². The quantitative estimate of drug-likeness (QED) is 0.531. The Hall–Kier alpha value is -2.13. The van der Waals surface area contributed by atoms with Crippen LogP contribution in [0.4, 0.5) is 36.4 Å². The van der Waals surface area contributed by atoms with E-state index in [1.54, 1.807) is 5.32 Å². The first-order chi connectivity index (χ1) is 13.7. The number of alkyl halides is 6. The predicted octanol–water partition coefficient (Wildman–Crippen LogP) is 2.95. The van der Waals surface area contributed by atoms with E-state index in [0.717, 1.165) is 12.1 Å². The number of primary amides is 1. The normalized spacial score (nSPS) is 14.2. The number of carbonyl (C=O) groups excluding carboxylic acids is 2. The highest BCUT2D eigenvalue weighted by atomic mass is 35.5. The fourth-order valence-corrected chi connectivity index (χ4v) is 2.82. The van der Waals surface area contributed by atoms with E-state index < -0.39 is 73.2 Å². The van der Waals surface area contributed by atoms with Crippen molar-refractivity contribution in [3.05, 3.63) is 23.0 Å². The fraction of sp³-hybridized carbons (Fsp3) is 0.467. The molecule has 0 saturated carbocycles. The standard InChI is InChI=1S/C12H12ClF4NO4S.C3H4F3NO/c1-3-23(21,22)7-5-4-6(8(13)9(7)14)18-10(19)11(2,20)12(15,16)17;4-3(5,6)1-2(7)8/h4-5,20H,3H2,1-2H3,(H,18,19);1H2,(H2,7,8)/t11-;/m1./s1. The number of carbonyl (C=O) groups is 2. The van der Waals surface area contributed by atoms with Crippen LogP contribution in [-0.2, 0) is 19.4 Å². The van der Waals surface area contributed by atoms with E-state index in [1.165, 1.54) is 6.92 Å². The molecule has 1 aromatic carbocycles. The van der Waals surface area contributed by atoms with Crippen molar-refractivity contribution in [1.82, 2.24) is 0 Å². The van der Waals surface area contributed by atoms with Gasteiger partial charge in [0, 0.05) is 0 Å². The summed E-state index contributed by atoms with van der Waals surface area (Å²) in [6.45, 7) is 1.47. The van der Waals surface area contributed by atoms with E-state index in [4.69, 9.17) is 11.6 Å². The molecule has 0 aromatic heterocycles. The first-order valence-corrected chi connectivity index (χ1v) is 9.86. The van der Waals surface area contributed by atoms with Crippen molar-refractivity contribution < 1.29 is 53.8 Å². The maximum atomic E-state index is 14.0. The molecule has 0 heterocycles. The minimum absolute atomic E-state index is 0.211. The van der Waals surface area contributed by atoms with Gasteiger partial charge >= 0.3 is 12.4 Å². The van der Waals surface area contributed by atoms with Gasteiger partial charge in [-0.1, -0.05) is 18.5 Å². The zero-order valence-corrected chi connectivity index (χ0v) is 17.2. The number of nitrogens with two attached hydrogens (primary N) is 1. The maximum absolute atomic E-state index is 14.0. The Morgan fingerprint density at radius 3 is 1.97 bits per heavy atom. The molecule has 16 heteroatoms. The van der Waals surface area contributed by atoms with Crippen LogP contribution in [0.1, 0.15) is 20.3 Å². The van der Waals surface area contributed by atoms with Gasteiger partial charge in [-0.05, 0) is 19.1 Å². The lowest BCUT2D eigenvalue weighted by Crippen LogP contribution is -2.52. The average Bonchev–Trinajstić information content (AvgIpc) is 2.56. The van der Waals surface area contributed by atoms with E-state index in [1.807, 2.05) is 0 Å². The molecule has 1 aromatic rings. The average molecular weight is 505 g/mol. The van der Waals surface area contributed by atoms with Crippen LogP contribution in [-0.4, -0.2) is 49.0 Å². The number of hydrogen-bond acceptors (Lipinski definition) is 5. The van der Waals surface area contributed by atoms with E-state index in [0.29, 0.717) is 0 Å². The number of anilines is 1. The molecule has 0 unspecified atom stereocenters. The summed E-state index contributed by atoms with van der Waals surface area (Å²) < 4.78 is 108. The predicted molar refractivity (Wildman–Crippen MR) is 94.3 cm³/mol. The van der Waals surface area contributed by atoms with E-state index in [9.17, 15) is 53.8 Å². The van der Waals surface area contributed by atoms with Crippen molar-refractivity contribution in [2.45, 2.75) is 43.1 Å². The summed E-state index contributed by atoms with van der Waals surface area (Å²) in [5.74, 6) is -5.07. The molecular formula is C15H16ClF7N2O5S. The molecule has 1 rings (SSSR count). The summed E-state index contributed by atoms with van der Waals surface area (Å²) in [7, 11) is -3.95. The molecule has 0 aliphatic heterocycles. The lowest BCUT2D eigenvalue weighted by Gasteiger charge is -2.25. The molecular weight excluding hydrogens is 489 g/mol. The molecule has 7 nitrogen and oxygen atoms in total. The van der Waals surface area contributed by atoms with Gasteiger partial charge in [-0.25, -0.2) is 12.8 Å². The first kappa shape index (κ1) is 28.9. The molecule has 0 fully saturated rings. The summed E-state index contributed by atoms with van der Waals surface area (Å²) in [6, 6.07) is 1.59. The van der Waals surface area contributed by atoms with E-state index >= 15 is 0 Å². The number of amides is 2. The van der Waals surface area contributed by atoms with Crippen LogP contribution in [0.5, 0.6) is 0 Å². The lowest BCUT2D eigenvalue weighted by molar-refractivity contribution is -0.242. The highest BCUT2D eigenvalue weighted by Crippen LogP contribution is 2.34. The maximum Gasteiger partial charge on any atom is 0.426 e. The fourth-order valence-electron chi connectivity index (χ4n) is 1.59. The molecule has 2 amide bonds. The Kier molecular flexibility index (Phi) is 9.31. The SMILES string of the molecule is CCS(=O)(=O)c1ccc(NC(=O)[C@@](C)(O)C(F)(F)F)c(Cl)c1F.NC(=O)CC(F)(F)F. The Bertz CT molecular complexity index is 931. The number of nitrogens with one attached hydrogen (secondary N) is 1. The second-order valence-corrected chi connectivity index (χ2v) is 8.55. The molecule has 178 valence electrons. The van der Waals surface area contributed by atoms with Crippen LogP contribution in [0.25, 0.3) is 0 Å². The number of rotatable bonds is 5. The molecule has 0 radical (unpaired) electrons. The number of benzene rings is 1. The molecule has 0 aliphatic carbocycles. The van der Waals surface area contributed by atoms with Crippen molar-refractivity contribution in [3.8, 4) is 0 Å². The Labute approximate surface area is 176 Å². The van der Waals surface area contributed by atoms with Gasteiger partial charge in [-0.2, -0.15) is 26.3 Å². The van der Waals surface area contributed by atoms with Crippen LogP contribution in [0.2, 0.25) is 5.02 Å². The molecule has 0 aliphatic rings. The summed E-state index contributed by atoms with van der Waals surface area (Å²) >= 11 is 5.55. The van der Waals surface area contributed by atoms with Crippen molar-refractivity contribution in [3.63, 3.8) is 0 Å². The van der Waals surface area contributed by atoms with Gasteiger partial charge in [-0.3, -0.25) is 9.59 Å². The zero-order valence-electron chi connectivity index (χ0n) is 15.7. The highest BCUT2D eigenvalue weighted by Gasteiger charge is 2.55. The number of hydrogen-bond donors (Lipinski definition) is 3. The van der Waals surface area contributed by atoms with Crippen LogP contribution in [0.15, 0.2) is 17.0 Å². The summed E-state index contributed by atoms with van der Waals surface area (Å²) in [4.78, 5) is 20.3. The van der Waals surface area contributed by atoms with Gasteiger partial charge in [0.1, 0.15) is 16.3 Å². The number of halogens is 8. The zero-order chi connectivity index (χ0) is 25.0. The smallest absolute Gasteiger partial charge is 0.373 e. The van der Waals surface area contributed by atoms with Gasteiger partial charge in [-0.15, -0.1) is 0 Å². The summed E-state index contributed by atoms with van der Waals surface area (Å²) in [5.41, 5.74) is -0.119. The molecule has 0 bridgehead atoms. The van der Waals surface area contributed by atoms with Crippen molar-refractivity contribution >= 4 is 38.9 Å². The third-order valence-corrected chi connectivity index (χ3v) is 5.49. The van der Waals surface area contributed by atoms with Gasteiger partial charge in [0.25, 0.3) is 5.91 Å². The molecule has 1 atom stereocenters. The molecule has 0 spiro atoms. The van der Waals surface area contributed by atoms with E-state index in [2.05, 4.69) is 5.73 Å². The second-order valence-electron chi connectivity index (χ2n) is 5.93. The van der Waals surface area contributed by atoms with Gasteiger partial charge < -0.3 is 16.2 Å². The van der Waals surface area contributed by atoms with Crippen molar-refractivity contribution in [1.29, 1.82) is 0 Å². The Morgan fingerprint density at radius 1 is 1.16 bits per heavy atom. The number of sulfone groups is 1. The number of aliphatic hydroxyl groups is 1. The van der Waals surface area contributed by atoms with E-state index in [-0.39, 0.29) is 6.92 Å². The van der Waals surface area contributed by atoms with Gasteiger partial charge in [0.05, 0.1) is 11.4 Å². The first-order valence-electron chi connectivity index (χ1n) is 7.83. The van der Waals surface area contributed by atoms with Gasteiger partial charge in [0.15, 0.2) is 15.7 Å². The van der Waals surface area contributed by atoms with Crippen LogP contribution in [0, 0.1) is 5.82 Å². The lowest BCUT2D eigenvalue weighted by atomic mass is 10.1. The summed E-state index contributed by atoms with van der Waals surface area (Å²) in [5, 5.41) is 9.93. The topological polar surface area (TPSA) is 127 Å². The van der Waals surface area contributed by atoms with Crippen molar-refractivity contribution in [2.24, 2.45) is 5.73 Å². The molecule has 4 N–H and O–H groups in total.